The number of hydrogen-bond donors (Lipinski definition) is 1. The van der Waals surface area contributed by atoms with Gasteiger partial charge in [-0.3, -0.25) is 9.59 Å². The second-order valence-electron chi connectivity index (χ2n) is 6.50. The van der Waals surface area contributed by atoms with Crippen molar-refractivity contribution in [2.45, 2.75) is 44.8 Å². The van der Waals surface area contributed by atoms with Crippen LogP contribution in [0.2, 0.25) is 0 Å². The van der Waals surface area contributed by atoms with Gasteiger partial charge in [-0.25, -0.2) is 9.97 Å². The van der Waals surface area contributed by atoms with Crippen LogP contribution in [-0.2, 0) is 16.0 Å². The number of carbonyl (C=O) groups excluding carboxylic acids is 2. The minimum absolute atomic E-state index is 0.0183. The lowest BCUT2D eigenvalue weighted by molar-refractivity contribution is -0.131. The van der Waals surface area contributed by atoms with Crippen molar-refractivity contribution >= 4 is 23.6 Å². The summed E-state index contributed by atoms with van der Waals surface area (Å²) in [6.45, 7) is 5.83. The Morgan fingerprint density at radius 3 is 2.30 bits per heavy atom. The van der Waals surface area contributed by atoms with E-state index in [9.17, 15) is 9.59 Å². The van der Waals surface area contributed by atoms with Gasteiger partial charge in [-0.15, -0.1) is 0 Å². The van der Waals surface area contributed by atoms with E-state index in [1.54, 1.807) is 4.90 Å². The summed E-state index contributed by atoms with van der Waals surface area (Å²) in [6.07, 6.45) is 0.982. The number of primary amides is 1. The van der Waals surface area contributed by atoms with E-state index in [1.165, 1.54) is 11.8 Å². The molecule has 2 aromatic rings. The standard InChI is InChI=1S/C20H26N4O2S/c1-13-17(14(2)23-20(22-13)27-12-18(21)25)10-11-19(26)24(4)15(3)16-8-6-5-7-9-16/h5-9,15H,10-12H2,1-4H3,(H2,21,25)/t15-/m1/s1. The fourth-order valence-corrected chi connectivity index (χ4v) is 3.52. The van der Waals surface area contributed by atoms with Gasteiger partial charge in [-0.05, 0) is 38.3 Å². The highest BCUT2D eigenvalue weighted by molar-refractivity contribution is 7.99. The Hall–Kier alpha value is -2.41. The number of benzene rings is 1. The van der Waals surface area contributed by atoms with Crippen LogP contribution in [0.25, 0.3) is 0 Å². The topological polar surface area (TPSA) is 89.2 Å². The molecule has 0 bridgehead atoms. The third kappa shape index (κ3) is 5.79. The fraction of sp³-hybridized carbons (Fsp3) is 0.400. The Balaban J connectivity index is 2.01. The molecule has 2 N–H and O–H groups in total. The second-order valence-corrected chi connectivity index (χ2v) is 7.44. The lowest BCUT2D eigenvalue weighted by atomic mass is 10.0. The minimum atomic E-state index is -0.399. The van der Waals surface area contributed by atoms with Gasteiger partial charge in [0, 0.05) is 24.9 Å². The first-order valence-electron chi connectivity index (χ1n) is 8.85. The highest BCUT2D eigenvalue weighted by Gasteiger charge is 2.18. The number of aryl methyl sites for hydroxylation is 2. The Labute approximate surface area is 164 Å². The van der Waals surface area contributed by atoms with Crippen LogP contribution < -0.4 is 5.73 Å². The molecule has 0 saturated carbocycles. The normalized spacial score (nSPS) is 11.9. The third-order valence-electron chi connectivity index (χ3n) is 4.59. The molecule has 0 aliphatic heterocycles. The van der Waals surface area contributed by atoms with Crippen LogP contribution in [0.15, 0.2) is 35.5 Å². The maximum Gasteiger partial charge on any atom is 0.227 e. The first-order chi connectivity index (χ1) is 12.8. The summed E-state index contributed by atoms with van der Waals surface area (Å²) in [6, 6.07) is 10.00. The molecule has 0 radical (unpaired) electrons. The van der Waals surface area contributed by atoms with Crippen molar-refractivity contribution in [2.24, 2.45) is 5.73 Å². The Morgan fingerprint density at radius 2 is 1.74 bits per heavy atom. The third-order valence-corrected chi connectivity index (χ3v) is 5.46. The number of nitrogens with two attached hydrogens (primary N) is 1. The Morgan fingerprint density at radius 1 is 1.15 bits per heavy atom. The van der Waals surface area contributed by atoms with Gasteiger partial charge in [0.25, 0.3) is 0 Å². The van der Waals surface area contributed by atoms with Crippen LogP contribution in [-0.4, -0.2) is 39.5 Å². The van der Waals surface area contributed by atoms with Crippen LogP contribution >= 0.6 is 11.8 Å². The number of thioether (sulfide) groups is 1. The highest BCUT2D eigenvalue weighted by atomic mass is 32.2. The van der Waals surface area contributed by atoms with Gasteiger partial charge in [0.05, 0.1) is 11.8 Å². The van der Waals surface area contributed by atoms with Crippen molar-refractivity contribution in [3.8, 4) is 0 Å². The van der Waals surface area contributed by atoms with Crippen molar-refractivity contribution in [3.63, 3.8) is 0 Å². The first-order valence-corrected chi connectivity index (χ1v) is 9.84. The second kappa shape index (κ2) is 9.50. The summed E-state index contributed by atoms with van der Waals surface area (Å²) in [7, 11) is 1.83. The smallest absolute Gasteiger partial charge is 0.227 e. The van der Waals surface area contributed by atoms with Crippen molar-refractivity contribution in [1.82, 2.24) is 14.9 Å². The van der Waals surface area contributed by atoms with Gasteiger partial charge in [-0.1, -0.05) is 42.1 Å². The first kappa shape index (κ1) is 20.9. The monoisotopic (exact) mass is 386 g/mol. The molecule has 1 heterocycles. The molecule has 144 valence electrons. The maximum absolute atomic E-state index is 12.6. The fourth-order valence-electron chi connectivity index (χ4n) is 2.85. The van der Waals surface area contributed by atoms with Gasteiger partial charge in [0.1, 0.15) is 0 Å². The van der Waals surface area contributed by atoms with E-state index in [-0.39, 0.29) is 17.7 Å². The number of aromatic nitrogens is 2. The van der Waals surface area contributed by atoms with Crippen molar-refractivity contribution < 1.29 is 9.59 Å². The van der Waals surface area contributed by atoms with E-state index < -0.39 is 5.91 Å². The summed E-state index contributed by atoms with van der Waals surface area (Å²) < 4.78 is 0. The van der Waals surface area contributed by atoms with Gasteiger partial charge in [-0.2, -0.15) is 0 Å². The van der Waals surface area contributed by atoms with Crippen LogP contribution in [0.4, 0.5) is 0 Å². The van der Waals surface area contributed by atoms with Crippen molar-refractivity contribution in [1.29, 1.82) is 0 Å². The molecule has 1 atom stereocenters. The van der Waals surface area contributed by atoms with Gasteiger partial charge in [0.15, 0.2) is 5.16 Å². The summed E-state index contributed by atoms with van der Waals surface area (Å²) in [4.78, 5) is 34.2. The van der Waals surface area contributed by atoms with Crippen LogP contribution in [0.1, 0.15) is 41.9 Å². The lowest BCUT2D eigenvalue weighted by Gasteiger charge is -2.25. The number of nitrogens with zero attached hydrogens (tertiary/aromatic N) is 3. The molecule has 6 nitrogen and oxygen atoms in total. The molecule has 1 aromatic heterocycles. The molecule has 0 spiro atoms. The summed E-state index contributed by atoms with van der Waals surface area (Å²) in [5.41, 5.74) is 8.92. The van der Waals surface area contributed by atoms with E-state index in [2.05, 4.69) is 9.97 Å². The molecule has 2 rings (SSSR count). The number of amides is 2. The van der Waals surface area contributed by atoms with Crippen molar-refractivity contribution in [2.75, 3.05) is 12.8 Å². The van der Waals surface area contributed by atoms with E-state index in [4.69, 9.17) is 5.73 Å². The summed E-state index contributed by atoms with van der Waals surface area (Å²) in [5, 5.41) is 0.536. The number of carbonyl (C=O) groups is 2. The van der Waals surface area contributed by atoms with Gasteiger partial charge < -0.3 is 10.6 Å². The molecular formula is C20H26N4O2S. The van der Waals surface area contributed by atoms with E-state index in [0.717, 1.165) is 22.5 Å². The molecule has 0 saturated heterocycles. The zero-order chi connectivity index (χ0) is 20.0. The van der Waals surface area contributed by atoms with Crippen LogP contribution in [0.3, 0.4) is 0 Å². The Bertz CT molecular complexity index is 788. The molecular weight excluding hydrogens is 360 g/mol. The summed E-state index contributed by atoms with van der Waals surface area (Å²) >= 11 is 1.22. The highest BCUT2D eigenvalue weighted by Crippen LogP contribution is 2.21. The average Bonchev–Trinajstić information content (AvgIpc) is 2.65. The number of hydrogen-bond acceptors (Lipinski definition) is 5. The van der Waals surface area contributed by atoms with E-state index >= 15 is 0 Å². The molecule has 2 amide bonds. The van der Waals surface area contributed by atoms with Gasteiger partial charge >= 0.3 is 0 Å². The largest absolute Gasteiger partial charge is 0.369 e. The number of rotatable bonds is 8. The summed E-state index contributed by atoms with van der Waals surface area (Å²) in [5.74, 6) is -0.166. The molecule has 1 aromatic carbocycles. The zero-order valence-electron chi connectivity index (χ0n) is 16.2. The Kier molecular flexibility index (Phi) is 7.36. The van der Waals surface area contributed by atoms with Crippen molar-refractivity contribution in [3.05, 3.63) is 52.8 Å². The zero-order valence-corrected chi connectivity index (χ0v) is 17.0. The van der Waals surface area contributed by atoms with Gasteiger partial charge in [0.2, 0.25) is 11.8 Å². The van der Waals surface area contributed by atoms with Crippen LogP contribution in [0.5, 0.6) is 0 Å². The molecule has 0 fully saturated rings. The SMILES string of the molecule is Cc1nc(SCC(N)=O)nc(C)c1CCC(=O)N(C)[C@H](C)c1ccccc1. The molecule has 0 aliphatic rings. The quantitative estimate of drug-likeness (QED) is 0.557. The predicted octanol–water partition coefficient (Wildman–Crippen LogP) is 2.82. The minimum Gasteiger partial charge on any atom is -0.369 e. The molecule has 7 heteroatoms. The molecule has 0 aliphatic carbocycles. The van der Waals surface area contributed by atoms with E-state index in [0.29, 0.717) is 18.0 Å². The average molecular weight is 387 g/mol. The lowest BCUT2D eigenvalue weighted by Crippen LogP contribution is -2.30. The molecule has 0 unspecified atom stereocenters. The predicted molar refractivity (Wildman–Crippen MR) is 107 cm³/mol. The molecule has 27 heavy (non-hydrogen) atoms. The van der Waals surface area contributed by atoms with E-state index in [1.807, 2.05) is 58.2 Å². The van der Waals surface area contributed by atoms with Crippen LogP contribution in [0, 0.1) is 13.8 Å². The maximum atomic E-state index is 12.6.